The lowest BCUT2D eigenvalue weighted by Gasteiger charge is -2.28. The maximum atomic E-state index is 12.4. The monoisotopic (exact) mass is 367 g/mol. The number of benzene rings is 1. The van der Waals surface area contributed by atoms with Crippen LogP contribution >= 0.6 is 0 Å². The van der Waals surface area contributed by atoms with Crippen molar-refractivity contribution in [3.8, 4) is 5.69 Å². The first-order valence-electron chi connectivity index (χ1n) is 9.66. The molecule has 4 atom stereocenters. The summed E-state index contributed by atoms with van der Waals surface area (Å²) in [5, 5.41) is 3.02. The van der Waals surface area contributed by atoms with E-state index in [1.54, 1.807) is 10.9 Å². The Kier molecular flexibility index (Phi) is 4.97. The Morgan fingerprint density at radius 2 is 2.07 bits per heavy atom. The van der Waals surface area contributed by atoms with E-state index in [4.69, 9.17) is 4.74 Å². The molecule has 2 bridgehead atoms. The Hall–Kier alpha value is -2.63. The molecular weight excluding hydrogens is 342 g/mol. The molecule has 0 aliphatic heterocycles. The van der Waals surface area contributed by atoms with Gasteiger partial charge in [0.1, 0.15) is 0 Å². The summed E-state index contributed by atoms with van der Waals surface area (Å²) >= 11 is 0. The van der Waals surface area contributed by atoms with Crippen molar-refractivity contribution in [2.45, 2.75) is 38.6 Å². The van der Waals surface area contributed by atoms with Crippen LogP contribution in [-0.4, -0.2) is 34.1 Å². The summed E-state index contributed by atoms with van der Waals surface area (Å²) in [6.07, 6.45) is 8.16. The standard InChI is InChI=1S/C21H25N3O3/c1-14(18-10-15-7-8-16(18)9-15)23-20(25)12-27-21(26)19-11-22-13-24(19)17-5-3-2-4-6-17/h2-6,11,13-16,18H,7-10,12H2,1H3,(H,23,25)/t14-,15+,16+,18+/m1/s1. The van der Waals surface area contributed by atoms with Crippen LogP contribution in [0.5, 0.6) is 0 Å². The summed E-state index contributed by atoms with van der Waals surface area (Å²) in [7, 11) is 0. The first-order valence-corrected chi connectivity index (χ1v) is 9.66. The van der Waals surface area contributed by atoms with Crippen LogP contribution in [0.4, 0.5) is 0 Å². The minimum absolute atomic E-state index is 0.126. The molecule has 2 aromatic rings. The predicted octanol–water partition coefficient (Wildman–Crippen LogP) is 2.97. The van der Waals surface area contributed by atoms with E-state index in [-0.39, 0.29) is 18.6 Å². The Morgan fingerprint density at radius 1 is 1.26 bits per heavy atom. The average molecular weight is 367 g/mol. The van der Waals surface area contributed by atoms with E-state index in [0.29, 0.717) is 11.6 Å². The number of para-hydroxylation sites is 1. The fourth-order valence-electron chi connectivity index (χ4n) is 4.75. The molecule has 2 aliphatic carbocycles. The predicted molar refractivity (Wildman–Crippen MR) is 100 cm³/mol. The zero-order valence-corrected chi connectivity index (χ0v) is 15.5. The van der Waals surface area contributed by atoms with E-state index in [0.717, 1.165) is 17.5 Å². The van der Waals surface area contributed by atoms with Crippen LogP contribution in [0.2, 0.25) is 0 Å². The number of nitrogens with one attached hydrogen (secondary N) is 1. The number of rotatable bonds is 6. The summed E-state index contributed by atoms with van der Waals surface area (Å²) in [4.78, 5) is 28.7. The van der Waals surface area contributed by atoms with Crippen LogP contribution in [0.25, 0.3) is 5.69 Å². The molecule has 27 heavy (non-hydrogen) atoms. The zero-order valence-electron chi connectivity index (χ0n) is 15.5. The third kappa shape index (κ3) is 3.75. The molecule has 0 radical (unpaired) electrons. The maximum absolute atomic E-state index is 12.4. The molecule has 0 spiro atoms. The van der Waals surface area contributed by atoms with Gasteiger partial charge in [-0.3, -0.25) is 9.36 Å². The number of ether oxygens (including phenoxy) is 1. The van der Waals surface area contributed by atoms with Crippen molar-refractivity contribution in [1.82, 2.24) is 14.9 Å². The van der Waals surface area contributed by atoms with E-state index < -0.39 is 5.97 Å². The summed E-state index contributed by atoms with van der Waals surface area (Å²) in [6, 6.07) is 9.55. The quantitative estimate of drug-likeness (QED) is 0.797. The van der Waals surface area contributed by atoms with Crippen LogP contribution in [0.15, 0.2) is 42.9 Å². The third-order valence-corrected chi connectivity index (χ3v) is 6.04. The van der Waals surface area contributed by atoms with Gasteiger partial charge in [-0.2, -0.15) is 0 Å². The molecule has 0 saturated heterocycles. The second-order valence-corrected chi connectivity index (χ2v) is 7.76. The first-order chi connectivity index (χ1) is 13.1. The average Bonchev–Trinajstić information content (AvgIpc) is 3.43. The number of aromatic nitrogens is 2. The fourth-order valence-corrected chi connectivity index (χ4v) is 4.75. The van der Waals surface area contributed by atoms with Gasteiger partial charge in [-0.05, 0) is 56.1 Å². The van der Waals surface area contributed by atoms with Gasteiger partial charge in [0.05, 0.1) is 12.5 Å². The molecule has 6 heteroatoms. The number of amides is 1. The highest BCUT2D eigenvalue weighted by Crippen LogP contribution is 2.49. The van der Waals surface area contributed by atoms with Crippen molar-refractivity contribution in [3.63, 3.8) is 0 Å². The van der Waals surface area contributed by atoms with Gasteiger partial charge >= 0.3 is 5.97 Å². The molecule has 1 amide bonds. The molecule has 142 valence electrons. The Bertz CT molecular complexity index is 817. The highest BCUT2D eigenvalue weighted by atomic mass is 16.5. The second-order valence-electron chi connectivity index (χ2n) is 7.76. The number of esters is 1. The Balaban J connectivity index is 1.31. The molecule has 2 aliphatic rings. The molecular formula is C21H25N3O3. The lowest BCUT2D eigenvalue weighted by Crippen LogP contribution is -2.42. The lowest BCUT2D eigenvalue weighted by atomic mass is 9.84. The molecule has 1 N–H and O–H groups in total. The van der Waals surface area contributed by atoms with E-state index in [9.17, 15) is 9.59 Å². The van der Waals surface area contributed by atoms with Crippen LogP contribution in [0.3, 0.4) is 0 Å². The molecule has 1 aromatic carbocycles. The number of carbonyl (C=O) groups excluding carboxylic acids is 2. The fraction of sp³-hybridized carbons (Fsp3) is 0.476. The van der Waals surface area contributed by atoms with E-state index in [1.807, 2.05) is 30.3 Å². The second kappa shape index (κ2) is 7.55. The van der Waals surface area contributed by atoms with Crippen LogP contribution < -0.4 is 5.32 Å². The maximum Gasteiger partial charge on any atom is 0.357 e. The molecule has 2 saturated carbocycles. The van der Waals surface area contributed by atoms with Crippen molar-refractivity contribution < 1.29 is 14.3 Å². The zero-order chi connectivity index (χ0) is 18.8. The highest BCUT2D eigenvalue weighted by Gasteiger charge is 2.42. The van der Waals surface area contributed by atoms with Crippen molar-refractivity contribution in [2.75, 3.05) is 6.61 Å². The third-order valence-electron chi connectivity index (χ3n) is 6.04. The molecule has 4 rings (SSSR count). The molecule has 2 fully saturated rings. The smallest absolute Gasteiger partial charge is 0.357 e. The van der Waals surface area contributed by atoms with Crippen molar-refractivity contribution >= 4 is 11.9 Å². The number of carbonyl (C=O) groups is 2. The largest absolute Gasteiger partial charge is 0.451 e. The van der Waals surface area contributed by atoms with Crippen LogP contribution in [-0.2, 0) is 9.53 Å². The number of hydrogen-bond donors (Lipinski definition) is 1. The van der Waals surface area contributed by atoms with Crippen LogP contribution in [0.1, 0.15) is 43.1 Å². The topological polar surface area (TPSA) is 73.2 Å². The van der Waals surface area contributed by atoms with E-state index in [2.05, 4.69) is 17.2 Å². The minimum atomic E-state index is -0.556. The first kappa shape index (κ1) is 17.8. The Morgan fingerprint density at radius 3 is 2.78 bits per heavy atom. The minimum Gasteiger partial charge on any atom is -0.451 e. The number of fused-ring (bicyclic) bond motifs is 2. The lowest BCUT2D eigenvalue weighted by molar-refractivity contribution is -0.125. The van der Waals surface area contributed by atoms with Gasteiger partial charge in [-0.25, -0.2) is 9.78 Å². The summed E-state index contributed by atoms with van der Waals surface area (Å²) in [6.45, 7) is 1.79. The SMILES string of the molecule is C[C@@H](NC(=O)COC(=O)c1cncn1-c1ccccc1)[C@@H]1C[C@H]2CC[C@H]1C2. The molecule has 6 nitrogen and oxygen atoms in total. The van der Waals surface area contributed by atoms with Gasteiger partial charge in [0.2, 0.25) is 0 Å². The summed E-state index contributed by atoms with van der Waals surface area (Å²) < 4.78 is 6.87. The molecule has 1 aromatic heterocycles. The summed E-state index contributed by atoms with van der Waals surface area (Å²) in [5.41, 5.74) is 1.12. The number of nitrogens with zero attached hydrogens (tertiary/aromatic N) is 2. The van der Waals surface area contributed by atoms with Gasteiger partial charge in [-0.15, -0.1) is 0 Å². The van der Waals surface area contributed by atoms with E-state index in [1.165, 1.54) is 31.9 Å². The molecule has 1 heterocycles. The van der Waals surface area contributed by atoms with Gasteiger partial charge in [0, 0.05) is 11.7 Å². The highest BCUT2D eigenvalue weighted by molar-refractivity contribution is 5.90. The van der Waals surface area contributed by atoms with Crippen LogP contribution in [0, 0.1) is 17.8 Å². The van der Waals surface area contributed by atoms with Crippen molar-refractivity contribution in [3.05, 3.63) is 48.5 Å². The Labute approximate surface area is 158 Å². The van der Waals surface area contributed by atoms with Gasteiger partial charge in [0.25, 0.3) is 5.91 Å². The summed E-state index contributed by atoms with van der Waals surface area (Å²) in [5.74, 6) is 1.34. The van der Waals surface area contributed by atoms with Gasteiger partial charge in [0.15, 0.2) is 12.3 Å². The van der Waals surface area contributed by atoms with Crippen molar-refractivity contribution in [1.29, 1.82) is 0 Å². The normalized spacial score (nSPS) is 24.6. The van der Waals surface area contributed by atoms with Gasteiger partial charge < -0.3 is 10.1 Å². The molecule has 0 unspecified atom stereocenters. The number of imidazole rings is 1. The number of hydrogen-bond acceptors (Lipinski definition) is 4. The van der Waals surface area contributed by atoms with Crippen molar-refractivity contribution in [2.24, 2.45) is 17.8 Å². The van der Waals surface area contributed by atoms with Gasteiger partial charge in [-0.1, -0.05) is 24.6 Å². The van der Waals surface area contributed by atoms with E-state index >= 15 is 0 Å².